The fraction of sp³-hybridized carbons (Fsp3) is 0.560. The van der Waals surface area contributed by atoms with Gasteiger partial charge in [0.25, 0.3) is 0 Å². The average Bonchev–Trinajstić information content (AvgIpc) is 2.83. The summed E-state index contributed by atoms with van der Waals surface area (Å²) in [6, 6.07) is 10.2. The fourth-order valence-corrected chi connectivity index (χ4v) is 5.34. The molecule has 0 radical (unpaired) electrons. The number of rotatable bonds is 6. The molecule has 0 spiro atoms. The first kappa shape index (κ1) is 24.0. The van der Waals surface area contributed by atoms with E-state index in [2.05, 4.69) is 39.6 Å². The second kappa shape index (κ2) is 10.9. The number of thiocarbonyl (C=S) groups is 1. The van der Waals surface area contributed by atoms with Gasteiger partial charge < -0.3 is 20.3 Å². The first-order valence-corrected chi connectivity index (χ1v) is 12.7. The molecule has 178 valence electrons. The van der Waals surface area contributed by atoms with Crippen LogP contribution in [0, 0.1) is 5.92 Å². The normalized spacial score (nSPS) is 18.6. The Morgan fingerprint density at radius 3 is 2.64 bits per heavy atom. The summed E-state index contributed by atoms with van der Waals surface area (Å²) in [5.74, 6) is 2.63. The standard InChI is InChI=1S/C25H34ClN5OS/c1-18-9-13-31(14-10-18)21-16-22(32-2)29-23(28-21)30-24(33)27-17-25(11-4-3-5-12-25)19-7-6-8-20(26)15-19/h6-8,15-16,18H,3-5,9-14,17H2,1-2H3,(H2,27,28,29,30,33). The molecule has 0 atom stereocenters. The molecule has 1 aliphatic carbocycles. The highest BCUT2D eigenvalue weighted by Crippen LogP contribution is 2.39. The molecule has 0 amide bonds. The van der Waals surface area contributed by atoms with Gasteiger partial charge in [0.05, 0.1) is 7.11 Å². The maximum Gasteiger partial charge on any atom is 0.234 e. The monoisotopic (exact) mass is 487 g/mol. The van der Waals surface area contributed by atoms with E-state index in [9.17, 15) is 0 Å². The van der Waals surface area contributed by atoms with E-state index < -0.39 is 0 Å². The SMILES string of the molecule is COc1cc(N2CCC(C)CC2)nc(NC(=S)NCC2(c3cccc(Cl)c3)CCCCC2)n1. The zero-order chi connectivity index (χ0) is 23.3. The lowest BCUT2D eigenvalue weighted by Gasteiger charge is -2.38. The summed E-state index contributed by atoms with van der Waals surface area (Å²) >= 11 is 12.0. The minimum Gasteiger partial charge on any atom is -0.481 e. The number of aromatic nitrogens is 2. The number of hydrogen-bond acceptors (Lipinski definition) is 5. The van der Waals surface area contributed by atoms with Crippen molar-refractivity contribution >= 4 is 40.7 Å². The van der Waals surface area contributed by atoms with Crippen molar-refractivity contribution in [2.24, 2.45) is 5.92 Å². The highest BCUT2D eigenvalue weighted by Gasteiger charge is 2.34. The summed E-state index contributed by atoms with van der Waals surface area (Å²) < 4.78 is 5.44. The van der Waals surface area contributed by atoms with Gasteiger partial charge in [-0.1, -0.05) is 49.9 Å². The van der Waals surface area contributed by atoms with Crippen molar-refractivity contribution < 1.29 is 4.74 Å². The molecule has 0 bridgehead atoms. The maximum absolute atomic E-state index is 6.32. The quantitative estimate of drug-likeness (QED) is 0.517. The minimum atomic E-state index is 0.0276. The second-order valence-corrected chi connectivity index (χ2v) is 10.3. The predicted octanol–water partition coefficient (Wildman–Crippen LogP) is 5.56. The molecule has 4 rings (SSSR count). The Bertz CT molecular complexity index is 958. The fourth-order valence-electron chi connectivity index (χ4n) is 4.98. The highest BCUT2D eigenvalue weighted by molar-refractivity contribution is 7.80. The van der Waals surface area contributed by atoms with Crippen molar-refractivity contribution in [3.63, 3.8) is 0 Å². The number of piperidine rings is 1. The number of nitrogens with zero attached hydrogens (tertiary/aromatic N) is 3. The molecule has 33 heavy (non-hydrogen) atoms. The van der Waals surface area contributed by atoms with Gasteiger partial charge in [-0.25, -0.2) is 0 Å². The smallest absolute Gasteiger partial charge is 0.234 e. The van der Waals surface area contributed by atoms with Gasteiger partial charge in [0.2, 0.25) is 11.8 Å². The summed E-state index contributed by atoms with van der Waals surface area (Å²) in [5, 5.41) is 7.94. The Morgan fingerprint density at radius 1 is 1.18 bits per heavy atom. The number of benzene rings is 1. The second-order valence-electron chi connectivity index (χ2n) is 9.42. The molecular formula is C25H34ClN5OS. The minimum absolute atomic E-state index is 0.0276. The molecule has 0 unspecified atom stereocenters. The van der Waals surface area contributed by atoms with Crippen LogP contribution in [0.4, 0.5) is 11.8 Å². The Kier molecular flexibility index (Phi) is 7.91. The van der Waals surface area contributed by atoms with Gasteiger partial charge >= 0.3 is 0 Å². The van der Waals surface area contributed by atoms with Crippen LogP contribution >= 0.6 is 23.8 Å². The molecule has 2 heterocycles. The Hall–Kier alpha value is -2.12. The lowest BCUT2D eigenvalue weighted by atomic mass is 9.69. The zero-order valence-electron chi connectivity index (χ0n) is 19.6. The van der Waals surface area contributed by atoms with E-state index in [1.54, 1.807) is 7.11 Å². The predicted molar refractivity (Wildman–Crippen MR) is 140 cm³/mol. The third kappa shape index (κ3) is 6.07. The Morgan fingerprint density at radius 2 is 1.94 bits per heavy atom. The van der Waals surface area contributed by atoms with Gasteiger partial charge in [-0.3, -0.25) is 0 Å². The van der Waals surface area contributed by atoms with Crippen LogP contribution in [-0.4, -0.2) is 41.8 Å². The Balaban J connectivity index is 1.45. The molecule has 2 N–H and O–H groups in total. The first-order chi connectivity index (χ1) is 16.0. The number of halogens is 1. The molecular weight excluding hydrogens is 454 g/mol. The number of methoxy groups -OCH3 is 1. The van der Waals surface area contributed by atoms with Gasteiger partial charge in [0.15, 0.2) is 5.11 Å². The van der Waals surface area contributed by atoms with Crippen LogP contribution in [0.5, 0.6) is 5.88 Å². The molecule has 6 nitrogen and oxygen atoms in total. The van der Waals surface area contributed by atoms with Crippen molar-refractivity contribution in [2.75, 3.05) is 37.0 Å². The van der Waals surface area contributed by atoms with Crippen LogP contribution in [0.15, 0.2) is 30.3 Å². The third-order valence-electron chi connectivity index (χ3n) is 7.07. The van der Waals surface area contributed by atoms with Crippen molar-refractivity contribution in [3.05, 3.63) is 40.9 Å². The summed E-state index contributed by atoms with van der Waals surface area (Å²) in [6.45, 7) is 5.04. The van der Waals surface area contributed by atoms with Gasteiger partial charge in [-0.05, 0) is 61.5 Å². The topological polar surface area (TPSA) is 62.3 Å². The van der Waals surface area contributed by atoms with E-state index in [1.807, 2.05) is 18.2 Å². The van der Waals surface area contributed by atoms with Crippen LogP contribution in [-0.2, 0) is 5.41 Å². The Labute approximate surface area is 207 Å². The van der Waals surface area contributed by atoms with E-state index in [-0.39, 0.29) is 5.41 Å². The van der Waals surface area contributed by atoms with Crippen LogP contribution in [0.1, 0.15) is 57.4 Å². The highest BCUT2D eigenvalue weighted by atomic mass is 35.5. The third-order valence-corrected chi connectivity index (χ3v) is 7.55. The number of hydrogen-bond donors (Lipinski definition) is 2. The summed E-state index contributed by atoms with van der Waals surface area (Å²) in [5.41, 5.74) is 1.31. The molecule has 1 aliphatic heterocycles. The van der Waals surface area contributed by atoms with Gasteiger partial charge in [-0.2, -0.15) is 9.97 Å². The van der Waals surface area contributed by atoms with Crippen LogP contribution in [0.25, 0.3) is 0 Å². The molecule has 1 saturated heterocycles. The molecule has 2 aromatic rings. The maximum atomic E-state index is 6.32. The van der Waals surface area contributed by atoms with Crippen molar-refractivity contribution in [1.29, 1.82) is 0 Å². The van der Waals surface area contributed by atoms with Gasteiger partial charge in [0, 0.05) is 36.1 Å². The van der Waals surface area contributed by atoms with Crippen molar-refractivity contribution in [3.8, 4) is 5.88 Å². The van der Waals surface area contributed by atoms with E-state index in [0.29, 0.717) is 16.9 Å². The molecule has 2 fully saturated rings. The van der Waals surface area contributed by atoms with Crippen LogP contribution in [0.2, 0.25) is 5.02 Å². The first-order valence-electron chi connectivity index (χ1n) is 12.0. The zero-order valence-corrected chi connectivity index (χ0v) is 21.1. The van der Waals surface area contributed by atoms with Crippen molar-refractivity contribution in [2.45, 2.75) is 57.3 Å². The lowest BCUT2D eigenvalue weighted by Crippen LogP contribution is -2.43. The van der Waals surface area contributed by atoms with E-state index in [0.717, 1.165) is 49.2 Å². The van der Waals surface area contributed by atoms with E-state index in [4.69, 9.17) is 33.5 Å². The van der Waals surface area contributed by atoms with Crippen LogP contribution < -0.4 is 20.3 Å². The molecule has 1 aromatic heterocycles. The summed E-state index contributed by atoms with van der Waals surface area (Å²) in [7, 11) is 1.63. The average molecular weight is 488 g/mol. The van der Waals surface area contributed by atoms with E-state index >= 15 is 0 Å². The van der Waals surface area contributed by atoms with Gasteiger partial charge in [-0.15, -0.1) is 0 Å². The lowest BCUT2D eigenvalue weighted by molar-refractivity contribution is 0.292. The molecule has 2 aliphatic rings. The number of ether oxygens (including phenoxy) is 1. The summed E-state index contributed by atoms with van der Waals surface area (Å²) in [6.07, 6.45) is 8.28. The largest absolute Gasteiger partial charge is 0.481 e. The number of anilines is 2. The molecule has 1 saturated carbocycles. The summed E-state index contributed by atoms with van der Waals surface area (Å²) in [4.78, 5) is 11.5. The number of nitrogens with one attached hydrogen (secondary N) is 2. The van der Waals surface area contributed by atoms with Crippen molar-refractivity contribution in [1.82, 2.24) is 15.3 Å². The van der Waals surface area contributed by atoms with Crippen LogP contribution in [0.3, 0.4) is 0 Å². The van der Waals surface area contributed by atoms with E-state index in [1.165, 1.54) is 37.7 Å². The molecule has 1 aromatic carbocycles. The molecule has 8 heteroatoms. The van der Waals surface area contributed by atoms with Gasteiger partial charge in [0.1, 0.15) is 5.82 Å².